The zero-order valence-corrected chi connectivity index (χ0v) is 12.4. The van der Waals surface area contributed by atoms with Gasteiger partial charge in [0, 0.05) is 5.54 Å². The van der Waals surface area contributed by atoms with Gasteiger partial charge in [-0.3, -0.25) is 0 Å². The second-order valence-corrected chi connectivity index (χ2v) is 5.79. The van der Waals surface area contributed by atoms with Gasteiger partial charge in [-0.2, -0.15) is 0 Å². The van der Waals surface area contributed by atoms with Crippen molar-refractivity contribution in [3.05, 3.63) is 71.8 Å². The second kappa shape index (κ2) is 7.25. The van der Waals surface area contributed by atoms with Crippen LogP contribution in [0.4, 0.5) is 0 Å². The molecule has 106 valence electrons. The Hall–Kier alpha value is -1.60. The molecule has 1 heteroatoms. The van der Waals surface area contributed by atoms with Gasteiger partial charge in [0.15, 0.2) is 0 Å². The molecule has 2 N–H and O–H groups in total. The van der Waals surface area contributed by atoms with Crippen molar-refractivity contribution >= 4 is 0 Å². The van der Waals surface area contributed by atoms with Crippen LogP contribution in [0.2, 0.25) is 0 Å². The highest BCUT2D eigenvalue weighted by atomic mass is 14.7. The first-order valence-electron chi connectivity index (χ1n) is 7.58. The maximum Gasteiger partial charge on any atom is 0.0235 e. The maximum absolute atomic E-state index is 6.75. The molecule has 0 atom stereocenters. The number of nitrogens with two attached hydrogens (primary N) is 1. The first-order chi connectivity index (χ1) is 9.72. The van der Waals surface area contributed by atoms with E-state index in [1.807, 2.05) is 0 Å². The summed E-state index contributed by atoms with van der Waals surface area (Å²) in [5, 5.41) is 0. The molecule has 2 aromatic rings. The van der Waals surface area contributed by atoms with Crippen molar-refractivity contribution in [1.82, 2.24) is 0 Å². The van der Waals surface area contributed by atoms with Gasteiger partial charge < -0.3 is 5.73 Å². The van der Waals surface area contributed by atoms with Crippen LogP contribution >= 0.6 is 0 Å². The molecular weight excluding hydrogens is 242 g/mol. The Bertz CT molecular complexity index is 448. The van der Waals surface area contributed by atoms with Crippen LogP contribution in [-0.4, -0.2) is 5.54 Å². The van der Waals surface area contributed by atoms with Gasteiger partial charge >= 0.3 is 0 Å². The molecule has 0 radical (unpaired) electrons. The SMILES string of the molecule is CCCCC(N)(Cc1ccccc1)Cc1ccccc1. The molecule has 0 aromatic heterocycles. The van der Waals surface area contributed by atoms with Crippen LogP contribution in [0.1, 0.15) is 37.3 Å². The van der Waals surface area contributed by atoms with E-state index in [0.29, 0.717) is 0 Å². The molecule has 0 heterocycles. The molecule has 0 bridgehead atoms. The Morgan fingerprint density at radius 3 is 1.65 bits per heavy atom. The minimum Gasteiger partial charge on any atom is -0.324 e. The van der Waals surface area contributed by atoms with Crippen molar-refractivity contribution in [2.45, 2.75) is 44.6 Å². The highest BCUT2D eigenvalue weighted by Crippen LogP contribution is 2.22. The fourth-order valence-electron chi connectivity index (χ4n) is 2.77. The molecule has 0 saturated heterocycles. The summed E-state index contributed by atoms with van der Waals surface area (Å²) in [6.07, 6.45) is 5.36. The van der Waals surface area contributed by atoms with Gasteiger partial charge in [0.2, 0.25) is 0 Å². The van der Waals surface area contributed by atoms with E-state index in [-0.39, 0.29) is 5.54 Å². The van der Waals surface area contributed by atoms with Gasteiger partial charge in [0.05, 0.1) is 0 Å². The van der Waals surface area contributed by atoms with Crippen molar-refractivity contribution in [1.29, 1.82) is 0 Å². The van der Waals surface area contributed by atoms with E-state index in [0.717, 1.165) is 19.3 Å². The van der Waals surface area contributed by atoms with E-state index in [1.54, 1.807) is 0 Å². The van der Waals surface area contributed by atoms with Crippen molar-refractivity contribution < 1.29 is 0 Å². The van der Waals surface area contributed by atoms with E-state index in [4.69, 9.17) is 5.73 Å². The topological polar surface area (TPSA) is 26.0 Å². The Morgan fingerprint density at radius 2 is 1.25 bits per heavy atom. The van der Waals surface area contributed by atoms with Crippen LogP contribution in [0, 0.1) is 0 Å². The van der Waals surface area contributed by atoms with Crippen LogP contribution in [0.25, 0.3) is 0 Å². The van der Waals surface area contributed by atoms with E-state index < -0.39 is 0 Å². The van der Waals surface area contributed by atoms with Gasteiger partial charge in [-0.15, -0.1) is 0 Å². The smallest absolute Gasteiger partial charge is 0.0235 e. The zero-order chi connectivity index (χ0) is 14.3. The van der Waals surface area contributed by atoms with Gasteiger partial charge in [-0.1, -0.05) is 80.4 Å². The third kappa shape index (κ3) is 4.50. The summed E-state index contributed by atoms with van der Waals surface area (Å²) in [5.74, 6) is 0. The minimum atomic E-state index is -0.140. The summed E-state index contributed by atoms with van der Waals surface area (Å²) < 4.78 is 0. The summed E-state index contributed by atoms with van der Waals surface area (Å²) in [4.78, 5) is 0. The lowest BCUT2D eigenvalue weighted by molar-refractivity contribution is 0.374. The number of hydrogen-bond donors (Lipinski definition) is 1. The van der Waals surface area contributed by atoms with Crippen LogP contribution in [0.15, 0.2) is 60.7 Å². The molecule has 0 unspecified atom stereocenters. The lowest BCUT2D eigenvalue weighted by Gasteiger charge is -2.30. The average Bonchev–Trinajstić information content (AvgIpc) is 2.47. The molecule has 0 amide bonds. The number of unbranched alkanes of at least 4 members (excludes halogenated alkanes) is 1. The van der Waals surface area contributed by atoms with Crippen molar-refractivity contribution in [3.8, 4) is 0 Å². The minimum absolute atomic E-state index is 0.140. The Balaban J connectivity index is 2.12. The Labute approximate surface area is 122 Å². The third-order valence-electron chi connectivity index (χ3n) is 3.83. The van der Waals surface area contributed by atoms with E-state index in [2.05, 4.69) is 67.6 Å². The predicted octanol–water partition coefficient (Wildman–Crippen LogP) is 4.36. The third-order valence-corrected chi connectivity index (χ3v) is 3.83. The average molecular weight is 267 g/mol. The molecule has 0 aliphatic rings. The molecule has 0 spiro atoms. The van der Waals surface area contributed by atoms with Crippen molar-refractivity contribution in [2.75, 3.05) is 0 Å². The highest BCUT2D eigenvalue weighted by molar-refractivity contribution is 5.22. The largest absolute Gasteiger partial charge is 0.324 e. The van der Waals surface area contributed by atoms with E-state index in [9.17, 15) is 0 Å². The molecule has 2 aromatic carbocycles. The fourth-order valence-corrected chi connectivity index (χ4v) is 2.77. The molecule has 0 fully saturated rings. The maximum atomic E-state index is 6.75. The van der Waals surface area contributed by atoms with E-state index in [1.165, 1.54) is 24.0 Å². The van der Waals surface area contributed by atoms with Gasteiger partial charge in [0.25, 0.3) is 0 Å². The summed E-state index contributed by atoms with van der Waals surface area (Å²) in [5.41, 5.74) is 9.28. The summed E-state index contributed by atoms with van der Waals surface area (Å²) in [6.45, 7) is 2.23. The van der Waals surface area contributed by atoms with Gasteiger partial charge in [-0.05, 0) is 30.4 Å². The molecule has 0 aliphatic heterocycles. The van der Waals surface area contributed by atoms with Crippen LogP contribution in [0.5, 0.6) is 0 Å². The van der Waals surface area contributed by atoms with Gasteiger partial charge in [-0.25, -0.2) is 0 Å². The monoisotopic (exact) mass is 267 g/mol. The molecule has 20 heavy (non-hydrogen) atoms. The quantitative estimate of drug-likeness (QED) is 0.792. The van der Waals surface area contributed by atoms with Crippen molar-refractivity contribution in [3.63, 3.8) is 0 Å². The summed E-state index contributed by atoms with van der Waals surface area (Å²) in [6, 6.07) is 21.2. The zero-order valence-electron chi connectivity index (χ0n) is 12.4. The Kier molecular flexibility index (Phi) is 5.37. The number of benzene rings is 2. The first-order valence-corrected chi connectivity index (χ1v) is 7.58. The Morgan fingerprint density at radius 1 is 0.800 bits per heavy atom. The summed E-state index contributed by atoms with van der Waals surface area (Å²) >= 11 is 0. The molecule has 2 rings (SSSR count). The predicted molar refractivity (Wildman–Crippen MR) is 86.7 cm³/mol. The molecule has 1 nitrogen and oxygen atoms in total. The molecule has 0 aliphatic carbocycles. The lowest BCUT2D eigenvalue weighted by atomic mass is 9.81. The first kappa shape index (κ1) is 14.8. The lowest BCUT2D eigenvalue weighted by Crippen LogP contribution is -2.44. The summed E-state index contributed by atoms with van der Waals surface area (Å²) in [7, 11) is 0. The van der Waals surface area contributed by atoms with Crippen LogP contribution < -0.4 is 5.73 Å². The number of hydrogen-bond acceptors (Lipinski definition) is 1. The molecule has 0 saturated carbocycles. The van der Waals surface area contributed by atoms with Crippen LogP contribution in [0.3, 0.4) is 0 Å². The standard InChI is InChI=1S/C19H25N/c1-2-3-14-19(20,15-17-10-6-4-7-11-17)16-18-12-8-5-9-13-18/h4-13H,2-3,14-16,20H2,1H3. The molecular formula is C19H25N. The van der Waals surface area contributed by atoms with Crippen LogP contribution in [-0.2, 0) is 12.8 Å². The normalized spacial score (nSPS) is 11.5. The van der Waals surface area contributed by atoms with E-state index >= 15 is 0 Å². The fraction of sp³-hybridized carbons (Fsp3) is 0.368. The van der Waals surface area contributed by atoms with Gasteiger partial charge in [0.1, 0.15) is 0 Å². The highest BCUT2D eigenvalue weighted by Gasteiger charge is 2.25. The second-order valence-electron chi connectivity index (χ2n) is 5.79. The van der Waals surface area contributed by atoms with Crippen molar-refractivity contribution in [2.24, 2.45) is 5.73 Å². The number of rotatable bonds is 7.